The number of hydrogen-bond acceptors (Lipinski definition) is 3. The second kappa shape index (κ2) is 5.92. The van der Waals surface area contributed by atoms with Crippen molar-refractivity contribution in [3.8, 4) is 5.69 Å². The van der Waals surface area contributed by atoms with Crippen molar-refractivity contribution >= 4 is 23.2 Å². The van der Waals surface area contributed by atoms with Gasteiger partial charge in [-0.05, 0) is 37.4 Å². The number of carbonyl (C=O) groups excluding carboxylic acids is 1. The summed E-state index contributed by atoms with van der Waals surface area (Å²) in [4.78, 5) is 23.7. The van der Waals surface area contributed by atoms with Crippen molar-refractivity contribution in [2.45, 2.75) is 19.9 Å². The zero-order valence-electron chi connectivity index (χ0n) is 11.2. The van der Waals surface area contributed by atoms with Crippen LogP contribution in [0.25, 0.3) is 5.69 Å². The molecule has 0 aliphatic carbocycles. The van der Waals surface area contributed by atoms with Gasteiger partial charge >= 0.3 is 5.97 Å². The normalized spacial score (nSPS) is 13.7. The molecule has 2 rings (SSSR count). The minimum atomic E-state index is -0.922. The second-order valence-electron chi connectivity index (χ2n) is 4.61. The first kappa shape index (κ1) is 14.3. The Hall–Kier alpha value is -2.08. The molecule has 0 radical (unpaired) electrons. The fourth-order valence-corrected chi connectivity index (χ4v) is 2.58. The summed E-state index contributed by atoms with van der Waals surface area (Å²) in [5, 5.41) is 13.5. The van der Waals surface area contributed by atoms with E-state index < -0.39 is 17.9 Å². The van der Waals surface area contributed by atoms with E-state index in [0.717, 1.165) is 5.69 Å². The van der Waals surface area contributed by atoms with Crippen LogP contribution >= 0.6 is 11.3 Å². The fraction of sp³-hybridized carbons (Fsp3) is 0.286. The first-order valence-corrected chi connectivity index (χ1v) is 7.13. The maximum atomic E-state index is 12.3. The molecule has 0 aromatic carbocycles. The Kier molecular flexibility index (Phi) is 4.24. The zero-order valence-corrected chi connectivity index (χ0v) is 12.1. The molecule has 20 heavy (non-hydrogen) atoms. The number of hydrogen-bond donors (Lipinski definition) is 2. The number of amides is 1. The molecule has 6 heteroatoms. The van der Waals surface area contributed by atoms with E-state index in [2.05, 4.69) is 5.32 Å². The van der Waals surface area contributed by atoms with Crippen LogP contribution in [0.4, 0.5) is 0 Å². The summed E-state index contributed by atoms with van der Waals surface area (Å²) >= 11 is 1.34. The summed E-state index contributed by atoms with van der Waals surface area (Å²) in [5.41, 5.74) is 0.799. The fourth-order valence-electron chi connectivity index (χ4n) is 1.78. The Bertz CT molecular complexity index is 604. The van der Waals surface area contributed by atoms with E-state index in [4.69, 9.17) is 5.11 Å². The molecule has 0 bridgehead atoms. The number of aromatic nitrogens is 1. The van der Waals surface area contributed by atoms with E-state index in [1.807, 2.05) is 40.5 Å². The Morgan fingerprint density at radius 3 is 2.55 bits per heavy atom. The molecule has 5 nitrogen and oxygen atoms in total. The van der Waals surface area contributed by atoms with Gasteiger partial charge in [-0.15, -0.1) is 11.3 Å². The van der Waals surface area contributed by atoms with Crippen LogP contribution in [0.1, 0.15) is 23.5 Å². The van der Waals surface area contributed by atoms with E-state index in [9.17, 15) is 9.59 Å². The maximum Gasteiger partial charge on any atom is 0.308 e. The van der Waals surface area contributed by atoms with Crippen molar-refractivity contribution in [2.24, 2.45) is 5.92 Å². The third kappa shape index (κ3) is 2.91. The van der Waals surface area contributed by atoms with Crippen LogP contribution in [0.3, 0.4) is 0 Å². The van der Waals surface area contributed by atoms with E-state index in [0.29, 0.717) is 4.88 Å². The SMILES string of the molecule is CC(NC(=O)c1sccc1-n1cccc1)C(C)C(=O)O. The molecule has 2 heterocycles. The largest absolute Gasteiger partial charge is 0.481 e. The zero-order chi connectivity index (χ0) is 14.7. The number of thiophene rings is 1. The smallest absolute Gasteiger partial charge is 0.308 e. The van der Waals surface area contributed by atoms with Gasteiger partial charge in [-0.1, -0.05) is 0 Å². The number of carboxylic acid groups (broad SMARTS) is 1. The second-order valence-corrected chi connectivity index (χ2v) is 5.53. The molecule has 2 atom stereocenters. The number of rotatable bonds is 5. The molecule has 2 N–H and O–H groups in total. The molecule has 1 amide bonds. The van der Waals surface area contributed by atoms with Gasteiger partial charge in [-0.3, -0.25) is 9.59 Å². The van der Waals surface area contributed by atoms with Gasteiger partial charge in [-0.2, -0.15) is 0 Å². The molecular formula is C14H16N2O3S. The van der Waals surface area contributed by atoms with Gasteiger partial charge in [0.2, 0.25) is 0 Å². The van der Waals surface area contributed by atoms with E-state index in [-0.39, 0.29) is 5.91 Å². The van der Waals surface area contributed by atoms with Crippen molar-refractivity contribution in [2.75, 3.05) is 0 Å². The lowest BCUT2D eigenvalue weighted by Gasteiger charge is -2.17. The molecular weight excluding hydrogens is 276 g/mol. The lowest BCUT2D eigenvalue weighted by atomic mass is 10.0. The van der Waals surface area contributed by atoms with Crippen LogP contribution in [0.15, 0.2) is 36.0 Å². The van der Waals surface area contributed by atoms with Crippen LogP contribution in [0, 0.1) is 5.92 Å². The van der Waals surface area contributed by atoms with Crippen molar-refractivity contribution in [1.29, 1.82) is 0 Å². The summed E-state index contributed by atoms with van der Waals surface area (Å²) in [7, 11) is 0. The average Bonchev–Trinajstić information content (AvgIpc) is 3.07. The monoisotopic (exact) mass is 292 g/mol. The Labute approximate surface area is 120 Å². The minimum absolute atomic E-state index is 0.246. The quantitative estimate of drug-likeness (QED) is 0.888. The highest BCUT2D eigenvalue weighted by atomic mass is 32.1. The number of carbonyl (C=O) groups is 2. The highest BCUT2D eigenvalue weighted by Gasteiger charge is 2.23. The number of nitrogens with zero attached hydrogens (tertiary/aromatic N) is 1. The molecule has 0 fully saturated rings. The number of nitrogens with one attached hydrogen (secondary N) is 1. The minimum Gasteiger partial charge on any atom is -0.481 e. The molecule has 0 aliphatic heterocycles. The van der Waals surface area contributed by atoms with Crippen LogP contribution in [0.5, 0.6) is 0 Å². The first-order valence-electron chi connectivity index (χ1n) is 6.25. The Balaban J connectivity index is 2.15. The lowest BCUT2D eigenvalue weighted by Crippen LogP contribution is -2.40. The predicted octanol–water partition coefficient (Wildman–Crippen LogP) is 2.38. The maximum absolute atomic E-state index is 12.3. The Morgan fingerprint density at radius 2 is 1.95 bits per heavy atom. The van der Waals surface area contributed by atoms with Crippen molar-refractivity contribution in [3.05, 3.63) is 40.8 Å². The molecule has 0 spiro atoms. The molecule has 0 saturated heterocycles. The van der Waals surface area contributed by atoms with Crippen molar-refractivity contribution < 1.29 is 14.7 Å². The van der Waals surface area contributed by atoms with Gasteiger partial charge in [0.1, 0.15) is 4.88 Å². The predicted molar refractivity (Wildman–Crippen MR) is 77.4 cm³/mol. The highest BCUT2D eigenvalue weighted by Crippen LogP contribution is 2.21. The van der Waals surface area contributed by atoms with Gasteiger partial charge in [0.15, 0.2) is 0 Å². The van der Waals surface area contributed by atoms with Crippen LogP contribution in [-0.2, 0) is 4.79 Å². The highest BCUT2D eigenvalue weighted by molar-refractivity contribution is 7.12. The molecule has 0 aliphatic rings. The lowest BCUT2D eigenvalue weighted by molar-refractivity contribution is -0.141. The van der Waals surface area contributed by atoms with Gasteiger partial charge in [0.05, 0.1) is 11.6 Å². The van der Waals surface area contributed by atoms with Gasteiger partial charge in [0.25, 0.3) is 5.91 Å². The third-order valence-corrected chi connectivity index (χ3v) is 4.13. The van der Waals surface area contributed by atoms with Gasteiger partial charge in [0, 0.05) is 18.4 Å². The van der Waals surface area contributed by atoms with Crippen LogP contribution in [0.2, 0.25) is 0 Å². The average molecular weight is 292 g/mol. The molecule has 2 unspecified atom stereocenters. The summed E-state index contributed by atoms with van der Waals surface area (Å²) in [6, 6.07) is 5.20. The standard InChI is InChI=1S/C14H16N2O3S/c1-9(14(18)19)10(2)15-13(17)12-11(5-8-20-12)16-6-3-4-7-16/h3-10H,1-2H3,(H,15,17)(H,18,19). The number of aliphatic carboxylic acids is 1. The molecule has 106 valence electrons. The summed E-state index contributed by atoms with van der Waals surface area (Å²) in [6.45, 7) is 3.27. The topological polar surface area (TPSA) is 71.3 Å². The molecule has 2 aromatic rings. The van der Waals surface area contributed by atoms with Crippen molar-refractivity contribution in [1.82, 2.24) is 9.88 Å². The van der Waals surface area contributed by atoms with Gasteiger partial charge in [-0.25, -0.2) is 0 Å². The van der Waals surface area contributed by atoms with Crippen LogP contribution < -0.4 is 5.32 Å². The third-order valence-electron chi connectivity index (χ3n) is 3.23. The van der Waals surface area contributed by atoms with E-state index >= 15 is 0 Å². The van der Waals surface area contributed by atoms with Crippen molar-refractivity contribution in [3.63, 3.8) is 0 Å². The summed E-state index contributed by atoms with van der Waals surface area (Å²) in [5.74, 6) is -1.80. The summed E-state index contributed by atoms with van der Waals surface area (Å²) < 4.78 is 1.86. The van der Waals surface area contributed by atoms with Gasteiger partial charge < -0.3 is 15.0 Å². The van der Waals surface area contributed by atoms with Crippen LogP contribution in [-0.4, -0.2) is 27.6 Å². The number of carboxylic acids is 1. The molecule has 0 saturated carbocycles. The van der Waals surface area contributed by atoms with E-state index in [1.165, 1.54) is 11.3 Å². The van der Waals surface area contributed by atoms with E-state index in [1.54, 1.807) is 13.8 Å². The molecule has 2 aromatic heterocycles. The first-order chi connectivity index (χ1) is 9.50. The Morgan fingerprint density at radius 1 is 1.30 bits per heavy atom. The summed E-state index contributed by atoms with van der Waals surface area (Å²) in [6.07, 6.45) is 3.73.